The van der Waals surface area contributed by atoms with Gasteiger partial charge in [0.15, 0.2) is 0 Å². The molecule has 84 valence electrons. The monoisotopic (exact) mass is 252 g/mol. The summed E-state index contributed by atoms with van der Waals surface area (Å²) in [6.45, 7) is 4.05. The fourth-order valence-electron chi connectivity index (χ4n) is 1.64. The number of nitrogens with two attached hydrogens (primary N) is 1. The lowest BCUT2D eigenvalue weighted by molar-refractivity contribution is 1.13. The summed E-state index contributed by atoms with van der Waals surface area (Å²) in [5, 5.41) is 1.78. The van der Waals surface area contributed by atoms with Crippen LogP contribution in [-0.2, 0) is 6.42 Å². The zero-order valence-electron chi connectivity index (χ0n) is 9.25. The first-order valence-electron chi connectivity index (χ1n) is 5.03. The van der Waals surface area contributed by atoms with E-state index in [1.807, 2.05) is 26.0 Å². The summed E-state index contributed by atoms with van der Waals surface area (Å²) in [5.74, 6) is 0. The first-order chi connectivity index (χ1) is 7.56. The highest BCUT2D eigenvalue weighted by Gasteiger charge is 2.08. The Balaban J connectivity index is 2.30. The van der Waals surface area contributed by atoms with Gasteiger partial charge in [-0.05, 0) is 31.5 Å². The van der Waals surface area contributed by atoms with Crippen LogP contribution >= 0.6 is 22.9 Å². The summed E-state index contributed by atoms with van der Waals surface area (Å²) in [7, 11) is 0. The Morgan fingerprint density at radius 2 is 2.12 bits per heavy atom. The van der Waals surface area contributed by atoms with Crippen LogP contribution in [0.15, 0.2) is 18.2 Å². The predicted octanol–water partition coefficient (Wildman–Crippen LogP) is 3.59. The molecule has 0 spiro atoms. The number of aromatic nitrogens is 1. The maximum absolute atomic E-state index is 5.93. The minimum atomic E-state index is 0.679. The number of rotatable bonds is 2. The molecule has 0 radical (unpaired) electrons. The molecule has 0 aliphatic rings. The molecule has 0 unspecified atom stereocenters. The number of aryl methyl sites for hydroxylation is 2. The van der Waals surface area contributed by atoms with Crippen LogP contribution in [0.4, 0.5) is 5.69 Å². The first kappa shape index (κ1) is 11.4. The number of thiazole rings is 1. The number of benzene rings is 1. The third kappa shape index (κ3) is 2.36. The van der Waals surface area contributed by atoms with Crippen LogP contribution < -0.4 is 5.73 Å². The average molecular weight is 253 g/mol. The largest absolute Gasteiger partial charge is 0.398 e. The molecule has 2 nitrogen and oxygen atoms in total. The molecule has 0 aliphatic heterocycles. The quantitative estimate of drug-likeness (QED) is 0.830. The molecule has 0 atom stereocenters. The summed E-state index contributed by atoms with van der Waals surface area (Å²) in [5.41, 5.74) is 8.88. The second kappa shape index (κ2) is 4.44. The van der Waals surface area contributed by atoms with Gasteiger partial charge in [0.25, 0.3) is 0 Å². The van der Waals surface area contributed by atoms with Crippen molar-refractivity contribution >= 4 is 28.6 Å². The Morgan fingerprint density at radius 1 is 1.38 bits per heavy atom. The Hall–Kier alpha value is -1.06. The number of hydrogen-bond acceptors (Lipinski definition) is 3. The van der Waals surface area contributed by atoms with E-state index in [-0.39, 0.29) is 0 Å². The first-order valence-corrected chi connectivity index (χ1v) is 6.22. The lowest BCUT2D eigenvalue weighted by atomic mass is 10.1. The van der Waals surface area contributed by atoms with Crippen molar-refractivity contribution in [3.05, 3.63) is 44.4 Å². The molecule has 0 amide bonds. The van der Waals surface area contributed by atoms with Crippen molar-refractivity contribution in [3.8, 4) is 0 Å². The Morgan fingerprint density at radius 3 is 2.69 bits per heavy atom. The number of nitrogen functional groups attached to an aromatic ring is 1. The van der Waals surface area contributed by atoms with E-state index in [9.17, 15) is 0 Å². The fourth-order valence-corrected chi connectivity index (χ4v) is 2.78. The SMILES string of the molecule is Cc1nc(C)c(Cc2ccc(Cl)cc2N)s1. The Labute approximate surface area is 104 Å². The molecule has 1 heterocycles. The smallest absolute Gasteiger partial charge is 0.0900 e. The molecule has 1 aromatic heterocycles. The molecule has 16 heavy (non-hydrogen) atoms. The lowest BCUT2D eigenvalue weighted by Crippen LogP contribution is -1.95. The second-order valence-electron chi connectivity index (χ2n) is 3.76. The zero-order valence-corrected chi connectivity index (χ0v) is 10.8. The van der Waals surface area contributed by atoms with E-state index in [1.165, 1.54) is 4.88 Å². The van der Waals surface area contributed by atoms with Gasteiger partial charge in [-0.25, -0.2) is 4.98 Å². The zero-order chi connectivity index (χ0) is 11.7. The number of hydrogen-bond donors (Lipinski definition) is 1. The van der Waals surface area contributed by atoms with E-state index in [2.05, 4.69) is 4.98 Å². The molecule has 0 bridgehead atoms. The number of anilines is 1. The number of nitrogens with zero attached hydrogens (tertiary/aromatic N) is 1. The maximum atomic E-state index is 5.93. The minimum Gasteiger partial charge on any atom is -0.398 e. The summed E-state index contributed by atoms with van der Waals surface area (Å²) >= 11 is 7.59. The van der Waals surface area contributed by atoms with Crippen molar-refractivity contribution < 1.29 is 0 Å². The van der Waals surface area contributed by atoms with Gasteiger partial charge >= 0.3 is 0 Å². The van der Waals surface area contributed by atoms with Gasteiger partial charge in [-0.3, -0.25) is 0 Å². The highest BCUT2D eigenvalue weighted by atomic mass is 35.5. The normalized spacial score (nSPS) is 10.7. The molecular weight excluding hydrogens is 240 g/mol. The summed E-state index contributed by atoms with van der Waals surface area (Å²) < 4.78 is 0. The molecular formula is C12H13ClN2S. The molecule has 2 aromatic rings. The maximum Gasteiger partial charge on any atom is 0.0900 e. The van der Waals surface area contributed by atoms with Crippen molar-refractivity contribution in [2.45, 2.75) is 20.3 Å². The predicted molar refractivity (Wildman–Crippen MR) is 70.3 cm³/mol. The van der Waals surface area contributed by atoms with E-state index < -0.39 is 0 Å². The number of halogens is 1. The van der Waals surface area contributed by atoms with Crippen molar-refractivity contribution in [2.24, 2.45) is 0 Å². The average Bonchev–Trinajstić information content (AvgIpc) is 2.50. The standard InChI is InChI=1S/C12H13ClN2S/c1-7-12(16-8(2)15-7)5-9-3-4-10(13)6-11(9)14/h3-4,6H,5,14H2,1-2H3. The molecule has 0 fully saturated rings. The van der Waals surface area contributed by atoms with Crippen molar-refractivity contribution in [2.75, 3.05) is 5.73 Å². The fraction of sp³-hybridized carbons (Fsp3) is 0.250. The van der Waals surface area contributed by atoms with Crippen LogP contribution in [0.25, 0.3) is 0 Å². The van der Waals surface area contributed by atoms with Crippen molar-refractivity contribution in [1.29, 1.82) is 0 Å². The van der Waals surface area contributed by atoms with E-state index >= 15 is 0 Å². The van der Waals surface area contributed by atoms with Crippen LogP contribution in [0.5, 0.6) is 0 Å². The van der Waals surface area contributed by atoms with Gasteiger partial charge < -0.3 is 5.73 Å². The van der Waals surface area contributed by atoms with E-state index in [4.69, 9.17) is 17.3 Å². The van der Waals surface area contributed by atoms with Gasteiger partial charge in [-0.15, -0.1) is 11.3 Å². The van der Waals surface area contributed by atoms with E-state index in [1.54, 1.807) is 17.4 Å². The van der Waals surface area contributed by atoms with Gasteiger partial charge in [0, 0.05) is 22.0 Å². The van der Waals surface area contributed by atoms with Crippen LogP contribution in [0.1, 0.15) is 21.1 Å². The topological polar surface area (TPSA) is 38.9 Å². The van der Waals surface area contributed by atoms with E-state index in [0.29, 0.717) is 5.02 Å². The van der Waals surface area contributed by atoms with Crippen molar-refractivity contribution in [1.82, 2.24) is 4.98 Å². The Kier molecular flexibility index (Phi) is 3.17. The van der Waals surface area contributed by atoms with Gasteiger partial charge in [0.2, 0.25) is 0 Å². The molecule has 1 aromatic carbocycles. The highest BCUT2D eigenvalue weighted by molar-refractivity contribution is 7.11. The molecule has 0 saturated heterocycles. The van der Waals surface area contributed by atoms with Crippen LogP contribution in [0.2, 0.25) is 5.02 Å². The van der Waals surface area contributed by atoms with Crippen LogP contribution in [0.3, 0.4) is 0 Å². The lowest BCUT2D eigenvalue weighted by Gasteiger charge is -2.04. The van der Waals surface area contributed by atoms with Gasteiger partial charge in [-0.1, -0.05) is 17.7 Å². The molecule has 4 heteroatoms. The van der Waals surface area contributed by atoms with Gasteiger partial charge in [0.05, 0.1) is 10.7 Å². The van der Waals surface area contributed by atoms with Crippen LogP contribution in [0, 0.1) is 13.8 Å². The molecule has 2 rings (SSSR count). The van der Waals surface area contributed by atoms with Gasteiger partial charge in [-0.2, -0.15) is 0 Å². The van der Waals surface area contributed by atoms with Gasteiger partial charge in [0.1, 0.15) is 0 Å². The summed E-state index contributed by atoms with van der Waals surface area (Å²) in [6, 6.07) is 5.64. The van der Waals surface area contributed by atoms with Crippen LogP contribution in [-0.4, -0.2) is 4.98 Å². The van der Waals surface area contributed by atoms with E-state index in [0.717, 1.165) is 28.4 Å². The summed E-state index contributed by atoms with van der Waals surface area (Å²) in [6.07, 6.45) is 0.834. The summed E-state index contributed by atoms with van der Waals surface area (Å²) in [4.78, 5) is 5.68. The highest BCUT2D eigenvalue weighted by Crippen LogP contribution is 2.25. The third-order valence-corrected chi connectivity index (χ3v) is 3.77. The minimum absolute atomic E-state index is 0.679. The Bertz CT molecular complexity index is 520. The third-order valence-electron chi connectivity index (χ3n) is 2.46. The second-order valence-corrected chi connectivity index (χ2v) is 5.49. The van der Waals surface area contributed by atoms with Crippen molar-refractivity contribution in [3.63, 3.8) is 0 Å². The molecule has 0 saturated carbocycles. The molecule has 2 N–H and O–H groups in total. The molecule has 0 aliphatic carbocycles.